The molecule has 3 aromatic rings. The second-order valence-corrected chi connectivity index (χ2v) is 7.84. The molecule has 0 aliphatic carbocycles. The fraction of sp³-hybridized carbons (Fsp3) is 0.294. The molecular formula is C17H17N5S2. The molecule has 0 bridgehead atoms. The van der Waals surface area contributed by atoms with Crippen LogP contribution in [0.15, 0.2) is 52.0 Å². The lowest BCUT2D eigenvalue weighted by Crippen LogP contribution is -2.17. The van der Waals surface area contributed by atoms with Crippen LogP contribution in [0.4, 0.5) is 5.13 Å². The summed E-state index contributed by atoms with van der Waals surface area (Å²) in [5.74, 6) is 0.829. The molecule has 0 spiro atoms. The molecule has 0 atom stereocenters. The first-order valence-corrected chi connectivity index (χ1v) is 9.62. The van der Waals surface area contributed by atoms with Crippen molar-refractivity contribution in [3.8, 4) is 0 Å². The average molecular weight is 355 g/mol. The first-order valence-electron chi connectivity index (χ1n) is 7.99. The number of rotatable bonds is 5. The lowest BCUT2D eigenvalue weighted by molar-refractivity contribution is 0.901. The van der Waals surface area contributed by atoms with Crippen molar-refractivity contribution in [2.75, 3.05) is 18.0 Å². The number of hydrogen-bond acceptors (Lipinski definition) is 7. The highest BCUT2D eigenvalue weighted by atomic mass is 32.2. The second-order valence-electron chi connectivity index (χ2n) is 5.62. The van der Waals surface area contributed by atoms with Gasteiger partial charge in [-0.3, -0.25) is 0 Å². The van der Waals surface area contributed by atoms with E-state index < -0.39 is 0 Å². The monoisotopic (exact) mass is 355 g/mol. The molecular weight excluding hydrogens is 338 g/mol. The Labute approximate surface area is 149 Å². The highest BCUT2D eigenvalue weighted by Crippen LogP contribution is 2.33. The first kappa shape index (κ1) is 15.5. The molecule has 122 valence electrons. The molecule has 0 unspecified atom stereocenters. The Bertz CT molecular complexity index is 800. The van der Waals surface area contributed by atoms with Crippen LogP contribution in [0, 0.1) is 0 Å². The van der Waals surface area contributed by atoms with Gasteiger partial charge in [-0.15, -0.1) is 10.2 Å². The molecule has 3 heterocycles. The Balaban J connectivity index is 1.46. The van der Waals surface area contributed by atoms with Crippen LogP contribution >= 0.6 is 23.1 Å². The lowest BCUT2D eigenvalue weighted by Gasteiger charge is -2.10. The van der Waals surface area contributed by atoms with E-state index in [0.29, 0.717) is 0 Å². The van der Waals surface area contributed by atoms with Gasteiger partial charge in [0, 0.05) is 25.7 Å². The number of aromatic nitrogens is 4. The Morgan fingerprint density at radius 2 is 1.88 bits per heavy atom. The van der Waals surface area contributed by atoms with Gasteiger partial charge in [-0.1, -0.05) is 41.7 Å². The SMILES string of the molecule is c1ccc(Cc2nccc(Sc3nnc(N4CCCC4)s3)n2)cc1. The Morgan fingerprint density at radius 3 is 2.71 bits per heavy atom. The molecule has 1 aromatic carbocycles. The molecule has 0 radical (unpaired) electrons. The van der Waals surface area contributed by atoms with E-state index in [4.69, 9.17) is 0 Å². The quantitative estimate of drug-likeness (QED) is 0.651. The largest absolute Gasteiger partial charge is 0.347 e. The Hall–Kier alpha value is -1.99. The van der Waals surface area contributed by atoms with E-state index in [0.717, 1.165) is 39.8 Å². The predicted molar refractivity (Wildman–Crippen MR) is 96.8 cm³/mol. The Morgan fingerprint density at radius 1 is 1.04 bits per heavy atom. The standard InChI is InChI=1S/C17H17N5S2/c1-2-6-13(7-3-1)12-14-18-9-8-15(19-14)23-17-21-20-16(24-17)22-10-4-5-11-22/h1-3,6-9H,4-5,10-12H2. The highest BCUT2D eigenvalue weighted by molar-refractivity contribution is 8.01. The summed E-state index contributed by atoms with van der Waals surface area (Å²) in [6, 6.07) is 12.2. The molecule has 1 fully saturated rings. The zero-order valence-corrected chi connectivity index (χ0v) is 14.8. The van der Waals surface area contributed by atoms with Crippen molar-refractivity contribution >= 4 is 28.2 Å². The van der Waals surface area contributed by atoms with Crippen LogP contribution in [-0.4, -0.2) is 33.3 Å². The predicted octanol–water partition coefficient (Wildman–Crippen LogP) is 3.67. The van der Waals surface area contributed by atoms with Gasteiger partial charge in [0.15, 0.2) is 4.34 Å². The maximum Gasteiger partial charge on any atom is 0.209 e. The molecule has 4 rings (SSSR count). The van der Waals surface area contributed by atoms with Gasteiger partial charge < -0.3 is 4.90 Å². The van der Waals surface area contributed by atoms with Crippen LogP contribution in [0.2, 0.25) is 0 Å². The highest BCUT2D eigenvalue weighted by Gasteiger charge is 2.17. The summed E-state index contributed by atoms with van der Waals surface area (Å²) in [5, 5.41) is 10.6. The Kier molecular flexibility index (Phi) is 4.71. The smallest absolute Gasteiger partial charge is 0.209 e. The van der Waals surface area contributed by atoms with Crippen LogP contribution in [0.3, 0.4) is 0 Å². The molecule has 0 N–H and O–H groups in total. The van der Waals surface area contributed by atoms with Gasteiger partial charge in [-0.25, -0.2) is 9.97 Å². The van der Waals surface area contributed by atoms with E-state index in [2.05, 4.69) is 37.2 Å². The minimum atomic E-state index is 0.740. The van der Waals surface area contributed by atoms with Gasteiger partial charge in [0.05, 0.1) is 0 Å². The summed E-state index contributed by atoms with van der Waals surface area (Å²) >= 11 is 3.20. The lowest BCUT2D eigenvalue weighted by atomic mass is 10.1. The van der Waals surface area contributed by atoms with Crippen molar-refractivity contribution in [2.45, 2.75) is 28.6 Å². The molecule has 0 saturated carbocycles. The van der Waals surface area contributed by atoms with Gasteiger partial charge in [-0.2, -0.15) is 0 Å². The molecule has 1 aliphatic heterocycles. The van der Waals surface area contributed by atoms with Crippen LogP contribution in [-0.2, 0) is 6.42 Å². The van der Waals surface area contributed by atoms with E-state index in [1.54, 1.807) is 23.1 Å². The molecule has 24 heavy (non-hydrogen) atoms. The van der Waals surface area contributed by atoms with E-state index in [-0.39, 0.29) is 0 Å². The average Bonchev–Trinajstić information content (AvgIpc) is 3.27. The van der Waals surface area contributed by atoms with Crippen molar-refractivity contribution in [1.29, 1.82) is 0 Å². The zero-order chi connectivity index (χ0) is 16.2. The molecule has 7 heteroatoms. The van der Waals surface area contributed by atoms with Gasteiger partial charge in [-0.05, 0) is 36.2 Å². The van der Waals surface area contributed by atoms with Crippen molar-refractivity contribution in [3.05, 3.63) is 54.0 Å². The fourth-order valence-electron chi connectivity index (χ4n) is 2.67. The fourth-order valence-corrected chi connectivity index (χ4v) is 4.49. The van der Waals surface area contributed by atoms with Crippen molar-refractivity contribution in [1.82, 2.24) is 20.2 Å². The van der Waals surface area contributed by atoms with Crippen LogP contribution in [0.5, 0.6) is 0 Å². The van der Waals surface area contributed by atoms with Crippen molar-refractivity contribution in [3.63, 3.8) is 0 Å². The summed E-state index contributed by atoms with van der Waals surface area (Å²) in [6.07, 6.45) is 5.05. The van der Waals surface area contributed by atoms with Gasteiger partial charge in [0.1, 0.15) is 10.9 Å². The number of nitrogens with zero attached hydrogens (tertiary/aromatic N) is 5. The van der Waals surface area contributed by atoms with Crippen LogP contribution in [0.25, 0.3) is 0 Å². The summed E-state index contributed by atoms with van der Waals surface area (Å²) < 4.78 is 0.932. The molecule has 0 amide bonds. The normalized spacial score (nSPS) is 14.2. The summed E-state index contributed by atoms with van der Waals surface area (Å²) in [6.45, 7) is 2.18. The van der Waals surface area contributed by atoms with Gasteiger partial charge in [0.2, 0.25) is 5.13 Å². The van der Waals surface area contributed by atoms with Crippen LogP contribution < -0.4 is 4.90 Å². The third-order valence-electron chi connectivity index (χ3n) is 3.85. The minimum absolute atomic E-state index is 0.740. The maximum absolute atomic E-state index is 4.65. The third-order valence-corrected chi connectivity index (χ3v) is 5.82. The zero-order valence-electron chi connectivity index (χ0n) is 13.1. The second kappa shape index (κ2) is 7.27. The van der Waals surface area contributed by atoms with Crippen molar-refractivity contribution in [2.24, 2.45) is 0 Å². The van der Waals surface area contributed by atoms with E-state index >= 15 is 0 Å². The number of benzene rings is 1. The van der Waals surface area contributed by atoms with Gasteiger partial charge in [0.25, 0.3) is 0 Å². The summed E-state index contributed by atoms with van der Waals surface area (Å²) in [5.41, 5.74) is 1.21. The molecule has 1 aliphatic rings. The summed E-state index contributed by atoms with van der Waals surface area (Å²) in [4.78, 5) is 11.3. The minimum Gasteiger partial charge on any atom is -0.347 e. The molecule has 5 nitrogen and oxygen atoms in total. The third kappa shape index (κ3) is 3.73. The first-order chi connectivity index (χ1) is 11.9. The van der Waals surface area contributed by atoms with Gasteiger partial charge >= 0.3 is 0 Å². The van der Waals surface area contributed by atoms with E-state index in [1.165, 1.54) is 18.4 Å². The number of hydrogen-bond donors (Lipinski definition) is 0. The topological polar surface area (TPSA) is 54.8 Å². The van der Waals surface area contributed by atoms with E-state index in [9.17, 15) is 0 Å². The van der Waals surface area contributed by atoms with Crippen molar-refractivity contribution < 1.29 is 0 Å². The molecule has 2 aromatic heterocycles. The maximum atomic E-state index is 4.65. The number of anilines is 1. The van der Waals surface area contributed by atoms with Crippen LogP contribution in [0.1, 0.15) is 24.2 Å². The molecule has 1 saturated heterocycles. The summed E-state index contributed by atoms with van der Waals surface area (Å²) in [7, 11) is 0. The van der Waals surface area contributed by atoms with E-state index in [1.807, 2.05) is 30.5 Å².